The number of hydrogen-bond donors (Lipinski definition) is 1. The highest BCUT2D eigenvalue weighted by atomic mass is 35.5. The molecule has 16 heavy (non-hydrogen) atoms. The van der Waals surface area contributed by atoms with Crippen molar-refractivity contribution in [3.05, 3.63) is 16.1 Å². The monoisotopic (exact) mass is 262 g/mol. The van der Waals surface area contributed by atoms with Gasteiger partial charge in [0.2, 0.25) is 0 Å². The van der Waals surface area contributed by atoms with Crippen LogP contribution in [0.3, 0.4) is 0 Å². The molecular formula is C10H15ClN2O2S. The zero-order valence-electron chi connectivity index (χ0n) is 9.06. The van der Waals surface area contributed by atoms with Gasteiger partial charge in [-0.1, -0.05) is 0 Å². The fourth-order valence-electron chi connectivity index (χ4n) is 1.64. The second-order valence-corrected chi connectivity index (χ2v) is 4.33. The minimum Gasteiger partial charge on any atom is -0.461 e. The average molecular weight is 263 g/mol. The molecule has 0 radical (unpaired) electrons. The number of thiazole rings is 1. The number of ether oxygens (including phenoxy) is 1. The fourth-order valence-corrected chi connectivity index (χ4v) is 2.54. The normalized spacial score (nSPS) is 19.2. The third kappa shape index (κ3) is 2.93. The average Bonchev–Trinajstić information content (AvgIpc) is 2.89. The molecule has 2 rings (SSSR count). The predicted octanol–water partition coefficient (Wildman–Crippen LogP) is 2.17. The SMILES string of the molecule is CCOC(=O)c1csc(C2CCCN2)n1.Cl. The van der Waals surface area contributed by atoms with Gasteiger partial charge in [-0.25, -0.2) is 9.78 Å². The van der Waals surface area contributed by atoms with Gasteiger partial charge in [0, 0.05) is 5.38 Å². The molecule has 6 heteroatoms. The van der Waals surface area contributed by atoms with Gasteiger partial charge in [0.25, 0.3) is 0 Å². The van der Waals surface area contributed by atoms with Gasteiger partial charge < -0.3 is 10.1 Å². The van der Waals surface area contributed by atoms with Gasteiger partial charge >= 0.3 is 5.97 Å². The van der Waals surface area contributed by atoms with E-state index < -0.39 is 0 Å². The van der Waals surface area contributed by atoms with Gasteiger partial charge in [0.1, 0.15) is 5.01 Å². The molecule has 0 spiro atoms. The molecule has 0 aliphatic carbocycles. The van der Waals surface area contributed by atoms with Crippen LogP contribution in [0.15, 0.2) is 5.38 Å². The Morgan fingerprint density at radius 1 is 1.75 bits per heavy atom. The van der Waals surface area contributed by atoms with Gasteiger partial charge in [0.05, 0.1) is 12.6 Å². The van der Waals surface area contributed by atoms with Gasteiger partial charge in [-0.15, -0.1) is 23.7 Å². The number of esters is 1. The highest BCUT2D eigenvalue weighted by molar-refractivity contribution is 7.09. The minimum atomic E-state index is -0.321. The first-order valence-corrected chi connectivity index (χ1v) is 6.05. The van der Waals surface area contributed by atoms with Crippen LogP contribution in [0, 0.1) is 0 Å². The fraction of sp³-hybridized carbons (Fsp3) is 0.600. The molecule has 1 N–H and O–H groups in total. The summed E-state index contributed by atoms with van der Waals surface area (Å²) in [4.78, 5) is 15.7. The number of carbonyl (C=O) groups excluding carboxylic acids is 1. The number of hydrogen-bond acceptors (Lipinski definition) is 5. The first kappa shape index (κ1) is 13.4. The smallest absolute Gasteiger partial charge is 0.357 e. The number of nitrogens with one attached hydrogen (secondary N) is 1. The van der Waals surface area contributed by atoms with E-state index in [2.05, 4.69) is 10.3 Å². The van der Waals surface area contributed by atoms with Crippen molar-refractivity contribution in [3.8, 4) is 0 Å². The Hall–Kier alpha value is -0.650. The van der Waals surface area contributed by atoms with Crippen LogP contribution in [0.1, 0.15) is 41.3 Å². The van der Waals surface area contributed by atoms with Crippen molar-refractivity contribution in [1.29, 1.82) is 0 Å². The maximum atomic E-state index is 11.4. The molecule has 1 atom stereocenters. The van der Waals surface area contributed by atoms with Crippen molar-refractivity contribution < 1.29 is 9.53 Å². The van der Waals surface area contributed by atoms with Crippen molar-refractivity contribution >= 4 is 29.7 Å². The van der Waals surface area contributed by atoms with E-state index in [0.717, 1.165) is 18.0 Å². The Morgan fingerprint density at radius 3 is 3.19 bits per heavy atom. The third-order valence-corrected chi connectivity index (χ3v) is 3.32. The van der Waals surface area contributed by atoms with E-state index in [9.17, 15) is 4.79 Å². The molecule has 0 saturated carbocycles. The van der Waals surface area contributed by atoms with E-state index in [4.69, 9.17) is 4.74 Å². The first-order valence-electron chi connectivity index (χ1n) is 5.17. The highest BCUT2D eigenvalue weighted by Crippen LogP contribution is 2.25. The van der Waals surface area contributed by atoms with Crippen LogP contribution in [0.25, 0.3) is 0 Å². The standard InChI is InChI=1S/C10H14N2O2S.ClH/c1-2-14-10(13)8-6-15-9(12-8)7-4-3-5-11-7;/h6-7,11H,2-5H2,1H3;1H. The third-order valence-electron chi connectivity index (χ3n) is 2.36. The predicted molar refractivity (Wildman–Crippen MR) is 65.3 cm³/mol. The Balaban J connectivity index is 0.00000128. The molecule has 1 aliphatic heterocycles. The van der Waals surface area contributed by atoms with E-state index >= 15 is 0 Å². The maximum absolute atomic E-state index is 11.4. The summed E-state index contributed by atoms with van der Waals surface area (Å²) in [5.41, 5.74) is 0.436. The first-order chi connectivity index (χ1) is 7.31. The molecule has 0 amide bonds. The van der Waals surface area contributed by atoms with Crippen molar-refractivity contribution in [2.75, 3.05) is 13.2 Å². The Bertz CT molecular complexity index is 350. The van der Waals surface area contributed by atoms with Crippen LogP contribution in [0.5, 0.6) is 0 Å². The number of nitrogens with zero attached hydrogens (tertiary/aromatic N) is 1. The van der Waals surface area contributed by atoms with E-state index in [1.54, 1.807) is 12.3 Å². The number of rotatable bonds is 3. The molecule has 1 aliphatic rings. The zero-order chi connectivity index (χ0) is 10.7. The number of aromatic nitrogens is 1. The van der Waals surface area contributed by atoms with Gasteiger partial charge in [-0.3, -0.25) is 0 Å². The molecule has 4 nitrogen and oxygen atoms in total. The second-order valence-electron chi connectivity index (χ2n) is 3.44. The molecule has 2 heterocycles. The molecule has 90 valence electrons. The van der Waals surface area contributed by atoms with Crippen LogP contribution in [0.4, 0.5) is 0 Å². The van der Waals surface area contributed by atoms with Crippen LogP contribution >= 0.6 is 23.7 Å². The second kappa shape index (κ2) is 6.18. The van der Waals surface area contributed by atoms with E-state index in [0.29, 0.717) is 18.3 Å². The van der Waals surface area contributed by atoms with Crippen LogP contribution in [-0.4, -0.2) is 24.1 Å². The number of carbonyl (C=O) groups is 1. The molecular weight excluding hydrogens is 248 g/mol. The molecule has 0 bridgehead atoms. The van der Waals surface area contributed by atoms with E-state index in [1.165, 1.54) is 17.8 Å². The number of halogens is 1. The van der Waals surface area contributed by atoms with E-state index in [1.807, 2.05) is 0 Å². The van der Waals surface area contributed by atoms with Crippen LogP contribution < -0.4 is 5.32 Å². The maximum Gasteiger partial charge on any atom is 0.357 e. The lowest BCUT2D eigenvalue weighted by molar-refractivity contribution is 0.0520. The summed E-state index contributed by atoms with van der Waals surface area (Å²) in [6.07, 6.45) is 2.29. The molecule has 0 aromatic carbocycles. The van der Waals surface area contributed by atoms with Gasteiger partial charge in [0.15, 0.2) is 5.69 Å². The van der Waals surface area contributed by atoms with Crippen molar-refractivity contribution in [2.24, 2.45) is 0 Å². The summed E-state index contributed by atoms with van der Waals surface area (Å²) in [5, 5.41) is 6.12. The van der Waals surface area contributed by atoms with Gasteiger partial charge in [-0.05, 0) is 26.3 Å². The lowest BCUT2D eigenvalue weighted by Crippen LogP contribution is -2.13. The molecule has 1 aromatic rings. The summed E-state index contributed by atoms with van der Waals surface area (Å²) < 4.78 is 4.89. The quantitative estimate of drug-likeness (QED) is 0.849. The van der Waals surface area contributed by atoms with Crippen LogP contribution in [-0.2, 0) is 4.74 Å². The van der Waals surface area contributed by atoms with Crippen molar-refractivity contribution in [1.82, 2.24) is 10.3 Å². The molecule has 1 fully saturated rings. The molecule has 1 saturated heterocycles. The molecule has 1 unspecified atom stereocenters. The Labute approximate surface area is 105 Å². The van der Waals surface area contributed by atoms with Crippen LogP contribution in [0.2, 0.25) is 0 Å². The lowest BCUT2D eigenvalue weighted by Gasteiger charge is -2.04. The zero-order valence-corrected chi connectivity index (χ0v) is 10.7. The van der Waals surface area contributed by atoms with Gasteiger partial charge in [-0.2, -0.15) is 0 Å². The summed E-state index contributed by atoms with van der Waals surface area (Å²) in [6.45, 7) is 3.23. The summed E-state index contributed by atoms with van der Waals surface area (Å²) >= 11 is 1.53. The Morgan fingerprint density at radius 2 is 2.56 bits per heavy atom. The highest BCUT2D eigenvalue weighted by Gasteiger charge is 2.21. The summed E-state index contributed by atoms with van der Waals surface area (Å²) in [6, 6.07) is 0.332. The van der Waals surface area contributed by atoms with E-state index in [-0.39, 0.29) is 18.4 Å². The minimum absolute atomic E-state index is 0. The Kier molecular flexibility index (Phi) is 5.18. The summed E-state index contributed by atoms with van der Waals surface area (Å²) in [5.74, 6) is -0.321. The lowest BCUT2D eigenvalue weighted by atomic mass is 10.2. The van der Waals surface area contributed by atoms with Crippen molar-refractivity contribution in [3.63, 3.8) is 0 Å². The summed E-state index contributed by atoms with van der Waals surface area (Å²) in [7, 11) is 0. The largest absolute Gasteiger partial charge is 0.461 e. The van der Waals surface area contributed by atoms with Crippen molar-refractivity contribution in [2.45, 2.75) is 25.8 Å². The molecule has 1 aromatic heterocycles. The topological polar surface area (TPSA) is 51.2 Å².